The molecule has 0 aliphatic carbocycles. The lowest BCUT2D eigenvalue weighted by molar-refractivity contribution is 0.358. The Kier molecular flexibility index (Phi) is 8.86. The molecule has 2 N–H and O–H groups in total. The molecule has 0 heterocycles. The number of ether oxygens (including phenoxy) is 4. The number of hydrogen-bond acceptors (Lipinski definition) is 8. The zero-order valence-electron chi connectivity index (χ0n) is 20.9. The molecule has 0 saturated heterocycles. The van der Waals surface area contributed by atoms with Crippen molar-refractivity contribution in [2.45, 2.75) is 24.9 Å². The maximum atomic E-state index is 14.0. The summed E-state index contributed by atoms with van der Waals surface area (Å²) in [6.45, 7) is 1.48. The van der Waals surface area contributed by atoms with E-state index < -0.39 is 17.1 Å². The Morgan fingerprint density at radius 1 is 0.778 bits per heavy atom. The normalized spacial score (nSPS) is 11.3. The van der Waals surface area contributed by atoms with Crippen molar-refractivity contribution in [3.8, 4) is 23.0 Å². The lowest BCUT2D eigenvalue weighted by atomic mass is 9.77. The topological polar surface area (TPSA) is 115 Å². The van der Waals surface area contributed by atoms with Gasteiger partial charge >= 0.3 is 7.12 Å². The molecule has 0 radical (unpaired) electrons. The molecule has 0 aliphatic heterocycles. The number of rotatable bonds is 11. The first kappa shape index (κ1) is 27.3. The Morgan fingerprint density at radius 3 is 1.69 bits per heavy atom. The van der Waals surface area contributed by atoms with Gasteiger partial charge in [-0.25, -0.2) is 8.42 Å². The molecule has 0 atom stereocenters. The van der Waals surface area contributed by atoms with Gasteiger partial charge in [-0.15, -0.1) is 0 Å². The standard InChI is InChI=1S/C25H30BNO8S/c1-17-22(26(28)29)7-6-8-25(17)36(30,31)27(15-18-9-11-20(32-2)13-23(18)34-4)16-19-10-12-21(33-3)14-24(19)35-5/h6-14,28-29H,15-16H2,1-5H3. The van der Waals surface area contributed by atoms with E-state index in [0.29, 0.717) is 34.1 Å². The SMILES string of the molecule is COc1ccc(CN(Cc2ccc(OC)cc2OC)S(=O)(=O)c2cccc(B(O)O)c2C)c(OC)c1. The average molecular weight is 515 g/mol. The van der Waals surface area contributed by atoms with Crippen LogP contribution in [0.4, 0.5) is 0 Å². The number of methoxy groups -OCH3 is 4. The van der Waals surface area contributed by atoms with Gasteiger partial charge in [0.25, 0.3) is 0 Å². The summed E-state index contributed by atoms with van der Waals surface area (Å²) in [6, 6.07) is 14.7. The highest BCUT2D eigenvalue weighted by molar-refractivity contribution is 7.89. The van der Waals surface area contributed by atoms with Crippen LogP contribution >= 0.6 is 0 Å². The van der Waals surface area contributed by atoms with Crippen molar-refractivity contribution in [1.82, 2.24) is 4.31 Å². The zero-order chi connectivity index (χ0) is 26.5. The fourth-order valence-electron chi connectivity index (χ4n) is 3.90. The highest BCUT2D eigenvalue weighted by atomic mass is 32.2. The molecule has 0 amide bonds. The summed E-state index contributed by atoms with van der Waals surface area (Å²) in [7, 11) is 0.132. The molecule has 3 aromatic carbocycles. The van der Waals surface area contributed by atoms with Crippen LogP contribution < -0.4 is 24.4 Å². The van der Waals surface area contributed by atoms with Crippen LogP contribution in [-0.4, -0.2) is 58.3 Å². The van der Waals surface area contributed by atoms with Gasteiger partial charge in [0.1, 0.15) is 23.0 Å². The minimum Gasteiger partial charge on any atom is -0.497 e. The molecule has 3 aromatic rings. The van der Waals surface area contributed by atoms with Crippen LogP contribution in [-0.2, 0) is 23.1 Å². The molecule has 0 spiro atoms. The van der Waals surface area contributed by atoms with E-state index in [0.717, 1.165) is 0 Å². The van der Waals surface area contributed by atoms with Crippen LogP contribution in [0.5, 0.6) is 23.0 Å². The number of hydrogen-bond donors (Lipinski definition) is 2. The Hall–Kier alpha value is -3.25. The summed E-state index contributed by atoms with van der Waals surface area (Å²) in [5.41, 5.74) is 1.59. The summed E-state index contributed by atoms with van der Waals surface area (Å²) in [4.78, 5) is -0.0342. The van der Waals surface area contributed by atoms with E-state index in [1.807, 2.05) is 0 Å². The fourth-order valence-corrected chi connectivity index (χ4v) is 5.55. The van der Waals surface area contributed by atoms with Gasteiger partial charge in [0.05, 0.1) is 33.3 Å². The first-order chi connectivity index (χ1) is 17.2. The second-order valence-electron chi connectivity index (χ2n) is 7.97. The van der Waals surface area contributed by atoms with Crippen molar-refractivity contribution in [2.75, 3.05) is 28.4 Å². The third-order valence-corrected chi connectivity index (χ3v) is 7.84. The van der Waals surface area contributed by atoms with E-state index in [9.17, 15) is 18.5 Å². The van der Waals surface area contributed by atoms with Crippen LogP contribution in [0.15, 0.2) is 59.5 Å². The second-order valence-corrected chi connectivity index (χ2v) is 9.88. The highest BCUT2D eigenvalue weighted by Gasteiger charge is 2.30. The summed E-state index contributed by atoms with van der Waals surface area (Å²) >= 11 is 0. The first-order valence-corrected chi connectivity index (χ1v) is 12.5. The van der Waals surface area contributed by atoms with Crippen LogP contribution in [0.2, 0.25) is 0 Å². The van der Waals surface area contributed by atoms with E-state index in [4.69, 9.17) is 18.9 Å². The first-order valence-electron chi connectivity index (χ1n) is 11.0. The molecule has 192 valence electrons. The Bertz CT molecular complexity index is 1260. The minimum atomic E-state index is -4.13. The Balaban J connectivity index is 2.14. The molecule has 0 fully saturated rings. The van der Waals surface area contributed by atoms with Gasteiger partial charge in [-0.1, -0.05) is 24.3 Å². The van der Waals surface area contributed by atoms with Gasteiger partial charge in [0, 0.05) is 36.3 Å². The minimum absolute atomic E-state index is 0.0317. The molecule has 0 unspecified atom stereocenters. The van der Waals surface area contributed by atoms with Crippen molar-refractivity contribution in [3.05, 3.63) is 71.3 Å². The van der Waals surface area contributed by atoms with E-state index in [1.54, 1.807) is 43.3 Å². The fraction of sp³-hybridized carbons (Fsp3) is 0.280. The smallest absolute Gasteiger partial charge is 0.488 e. The van der Waals surface area contributed by atoms with Crippen LogP contribution in [0.3, 0.4) is 0 Å². The van der Waals surface area contributed by atoms with Gasteiger partial charge in [0.15, 0.2) is 0 Å². The molecular formula is C25H30BNO8S. The zero-order valence-corrected chi connectivity index (χ0v) is 21.7. The van der Waals surface area contributed by atoms with Crippen LogP contribution in [0, 0.1) is 6.92 Å². The summed E-state index contributed by atoms with van der Waals surface area (Å²) in [6.07, 6.45) is 0. The molecule has 0 bridgehead atoms. The summed E-state index contributed by atoms with van der Waals surface area (Å²) < 4.78 is 50.8. The molecular weight excluding hydrogens is 485 g/mol. The lowest BCUT2D eigenvalue weighted by Gasteiger charge is -2.26. The molecule has 3 rings (SSSR count). The van der Waals surface area contributed by atoms with Gasteiger partial charge in [-0.05, 0) is 36.1 Å². The Morgan fingerprint density at radius 2 is 1.28 bits per heavy atom. The van der Waals surface area contributed by atoms with Gasteiger partial charge in [0.2, 0.25) is 10.0 Å². The molecule has 11 heteroatoms. The number of benzene rings is 3. The quantitative estimate of drug-likeness (QED) is 0.374. The third kappa shape index (κ3) is 5.76. The van der Waals surface area contributed by atoms with E-state index in [-0.39, 0.29) is 29.0 Å². The maximum Gasteiger partial charge on any atom is 0.488 e. The van der Waals surface area contributed by atoms with Crippen molar-refractivity contribution in [3.63, 3.8) is 0 Å². The molecule has 0 saturated carbocycles. The van der Waals surface area contributed by atoms with Crippen molar-refractivity contribution in [2.24, 2.45) is 0 Å². The van der Waals surface area contributed by atoms with Crippen LogP contribution in [0.1, 0.15) is 16.7 Å². The van der Waals surface area contributed by atoms with Crippen LogP contribution in [0.25, 0.3) is 0 Å². The average Bonchev–Trinajstić information content (AvgIpc) is 2.88. The van der Waals surface area contributed by atoms with Crippen molar-refractivity contribution in [1.29, 1.82) is 0 Å². The van der Waals surface area contributed by atoms with E-state index in [1.165, 1.54) is 50.9 Å². The Labute approximate surface area is 212 Å². The third-order valence-electron chi connectivity index (χ3n) is 5.90. The molecule has 0 aromatic heterocycles. The largest absolute Gasteiger partial charge is 0.497 e. The molecule has 36 heavy (non-hydrogen) atoms. The highest BCUT2D eigenvalue weighted by Crippen LogP contribution is 2.32. The number of nitrogens with zero attached hydrogens (tertiary/aromatic N) is 1. The molecule has 0 aliphatic rings. The number of sulfonamides is 1. The predicted molar refractivity (Wildman–Crippen MR) is 137 cm³/mol. The van der Waals surface area contributed by atoms with E-state index in [2.05, 4.69) is 0 Å². The van der Waals surface area contributed by atoms with Crippen molar-refractivity contribution >= 4 is 22.6 Å². The van der Waals surface area contributed by atoms with Gasteiger partial charge in [-0.3, -0.25) is 0 Å². The summed E-state index contributed by atoms with van der Waals surface area (Å²) in [5.74, 6) is 2.07. The molecule has 9 nitrogen and oxygen atoms in total. The van der Waals surface area contributed by atoms with Gasteiger partial charge in [-0.2, -0.15) is 4.31 Å². The van der Waals surface area contributed by atoms with Crippen molar-refractivity contribution < 1.29 is 37.4 Å². The van der Waals surface area contributed by atoms with Gasteiger partial charge < -0.3 is 29.0 Å². The monoisotopic (exact) mass is 515 g/mol. The predicted octanol–water partition coefficient (Wildman–Crippen LogP) is 2.10. The second kappa shape index (κ2) is 11.7. The lowest BCUT2D eigenvalue weighted by Crippen LogP contribution is -2.36. The van der Waals surface area contributed by atoms with E-state index >= 15 is 0 Å². The summed E-state index contributed by atoms with van der Waals surface area (Å²) in [5, 5.41) is 19.5. The maximum absolute atomic E-state index is 14.0.